The fourth-order valence-corrected chi connectivity index (χ4v) is 5.30. The molecule has 0 aromatic heterocycles. The summed E-state index contributed by atoms with van der Waals surface area (Å²) in [6.45, 7) is 6.83. The Labute approximate surface area is 259 Å². The maximum absolute atomic E-state index is 11.4. The molecule has 0 fully saturated rings. The second kappa shape index (κ2) is 15.0. The molecule has 2 aliphatic rings. The number of rotatable bonds is 17. The van der Waals surface area contributed by atoms with Crippen LogP contribution in [0, 0.1) is 20.2 Å². The fraction of sp³-hybridized carbons (Fsp3) is 0.467. The molecule has 0 bridgehead atoms. The Kier molecular flexibility index (Phi) is 10.9. The minimum Gasteiger partial charge on any atom is -0.383 e. The highest BCUT2D eigenvalue weighted by Crippen LogP contribution is 2.30. The minimum absolute atomic E-state index is 0.0792. The first-order chi connectivity index (χ1) is 21.2. The minimum atomic E-state index is -0.357. The van der Waals surface area contributed by atoms with Gasteiger partial charge in [0.15, 0.2) is 0 Å². The lowest BCUT2D eigenvalue weighted by Crippen LogP contribution is -2.33. The lowest BCUT2D eigenvalue weighted by Gasteiger charge is -2.26. The predicted molar refractivity (Wildman–Crippen MR) is 176 cm³/mol. The third-order valence-corrected chi connectivity index (χ3v) is 8.07. The molecule has 2 N–H and O–H groups in total. The molecule has 0 saturated heterocycles. The molecule has 2 aromatic carbocycles. The number of benzene rings is 2. The average Bonchev–Trinajstić information content (AvgIpc) is 3.69. The zero-order valence-electron chi connectivity index (χ0n) is 26.1. The Morgan fingerprint density at radius 1 is 0.659 bits per heavy atom. The van der Waals surface area contributed by atoms with E-state index in [4.69, 9.17) is 0 Å². The first kappa shape index (κ1) is 32.0. The Hall–Kier alpha value is -4.88. The van der Waals surface area contributed by atoms with Gasteiger partial charge in [0.1, 0.15) is 11.4 Å². The van der Waals surface area contributed by atoms with Gasteiger partial charge in [0, 0.05) is 116 Å². The summed E-state index contributed by atoms with van der Waals surface area (Å²) >= 11 is 0. The molecule has 0 saturated carbocycles. The van der Waals surface area contributed by atoms with Gasteiger partial charge >= 0.3 is 0 Å². The number of likely N-dealkylation sites (N-methyl/N-ethyl adjacent to an activating group) is 2. The molecule has 0 atom stereocenters. The van der Waals surface area contributed by atoms with Crippen LogP contribution in [0.3, 0.4) is 0 Å². The van der Waals surface area contributed by atoms with Crippen molar-refractivity contribution in [2.24, 2.45) is 0 Å². The van der Waals surface area contributed by atoms with E-state index >= 15 is 0 Å². The second-order valence-corrected chi connectivity index (χ2v) is 11.1. The van der Waals surface area contributed by atoms with Crippen LogP contribution >= 0.6 is 0 Å². The number of nitro groups is 2. The van der Waals surface area contributed by atoms with Crippen molar-refractivity contribution in [1.82, 2.24) is 19.6 Å². The van der Waals surface area contributed by atoms with Crippen LogP contribution in [0.15, 0.2) is 61.2 Å². The van der Waals surface area contributed by atoms with Gasteiger partial charge in [-0.15, -0.1) is 0 Å². The summed E-state index contributed by atoms with van der Waals surface area (Å²) in [5.41, 5.74) is 2.82. The van der Waals surface area contributed by atoms with Crippen molar-refractivity contribution in [2.45, 2.75) is 12.8 Å². The number of nitro benzene ring substituents is 2. The van der Waals surface area contributed by atoms with Crippen molar-refractivity contribution >= 4 is 34.1 Å². The van der Waals surface area contributed by atoms with Crippen LogP contribution in [0.5, 0.6) is 0 Å². The summed E-state index contributed by atoms with van der Waals surface area (Å²) in [6.07, 6.45) is 10.7. The Balaban J connectivity index is 1.10. The summed E-state index contributed by atoms with van der Waals surface area (Å²) in [4.78, 5) is 35.3. The van der Waals surface area contributed by atoms with Gasteiger partial charge in [-0.05, 0) is 37.1 Å². The van der Waals surface area contributed by atoms with E-state index in [9.17, 15) is 20.2 Å². The van der Waals surface area contributed by atoms with Gasteiger partial charge in [0.25, 0.3) is 11.4 Å². The molecule has 0 unspecified atom stereocenters. The second-order valence-electron chi connectivity index (χ2n) is 11.1. The highest BCUT2D eigenvalue weighted by atomic mass is 16.6. The number of hydrogen-bond donors (Lipinski definition) is 2. The van der Waals surface area contributed by atoms with Crippen LogP contribution in [-0.2, 0) is 0 Å². The molecule has 2 aliphatic heterocycles. The average molecular weight is 609 g/mol. The molecule has 2 aromatic rings. The summed E-state index contributed by atoms with van der Waals surface area (Å²) in [6, 6.07) is 10.5. The molecular formula is C30H44N10O4. The summed E-state index contributed by atoms with van der Waals surface area (Å²) in [5, 5.41) is 28.5. The molecule has 2 heterocycles. The normalized spacial score (nSPS) is 14.0. The maximum Gasteiger partial charge on any atom is 0.294 e. The van der Waals surface area contributed by atoms with Gasteiger partial charge in [-0.25, -0.2) is 0 Å². The molecule has 0 radical (unpaired) electrons. The smallest absolute Gasteiger partial charge is 0.294 e. The van der Waals surface area contributed by atoms with Crippen molar-refractivity contribution in [2.75, 3.05) is 101 Å². The van der Waals surface area contributed by atoms with E-state index in [-0.39, 0.29) is 21.2 Å². The molecule has 44 heavy (non-hydrogen) atoms. The first-order valence-electron chi connectivity index (χ1n) is 14.9. The highest BCUT2D eigenvalue weighted by molar-refractivity contribution is 5.69. The monoisotopic (exact) mass is 608 g/mol. The number of unbranched alkanes of at least 4 members (excludes halogenated alkanes) is 1. The Morgan fingerprint density at radius 2 is 1.02 bits per heavy atom. The molecule has 0 spiro atoms. The molecule has 14 nitrogen and oxygen atoms in total. The maximum atomic E-state index is 11.4. The zero-order valence-corrected chi connectivity index (χ0v) is 26.1. The zero-order chi connectivity index (χ0) is 31.6. The van der Waals surface area contributed by atoms with E-state index in [0.29, 0.717) is 11.4 Å². The van der Waals surface area contributed by atoms with Crippen molar-refractivity contribution in [3.05, 3.63) is 81.4 Å². The molecule has 0 amide bonds. The summed E-state index contributed by atoms with van der Waals surface area (Å²) in [7, 11) is 7.28. The van der Waals surface area contributed by atoms with E-state index in [1.54, 1.807) is 38.4 Å². The number of hydrogen-bond acceptors (Lipinski definition) is 12. The van der Waals surface area contributed by atoms with Crippen LogP contribution < -0.4 is 20.4 Å². The van der Waals surface area contributed by atoms with E-state index in [1.807, 2.05) is 36.0 Å². The van der Waals surface area contributed by atoms with Crippen molar-refractivity contribution in [1.29, 1.82) is 0 Å². The van der Waals surface area contributed by atoms with Crippen LogP contribution in [0.1, 0.15) is 12.8 Å². The molecular weight excluding hydrogens is 564 g/mol. The topological polar surface area (TPSA) is 130 Å². The molecule has 238 valence electrons. The summed E-state index contributed by atoms with van der Waals surface area (Å²) in [5.74, 6) is 0. The number of nitrogens with zero attached hydrogens (tertiary/aromatic N) is 8. The fourth-order valence-electron chi connectivity index (χ4n) is 5.30. The number of nitrogens with one attached hydrogen (secondary N) is 2. The van der Waals surface area contributed by atoms with Gasteiger partial charge in [0.05, 0.1) is 23.2 Å². The lowest BCUT2D eigenvalue weighted by molar-refractivity contribution is -0.384. The van der Waals surface area contributed by atoms with Gasteiger partial charge < -0.3 is 40.0 Å². The predicted octanol–water partition coefficient (Wildman–Crippen LogP) is 4.03. The van der Waals surface area contributed by atoms with Gasteiger partial charge in [0.2, 0.25) is 0 Å². The first-order valence-corrected chi connectivity index (χ1v) is 14.9. The van der Waals surface area contributed by atoms with E-state index in [1.165, 1.54) is 0 Å². The Bertz CT molecular complexity index is 1250. The highest BCUT2D eigenvalue weighted by Gasteiger charge is 2.19. The molecule has 4 rings (SSSR count). The van der Waals surface area contributed by atoms with Crippen LogP contribution in [0.4, 0.5) is 34.1 Å². The Morgan fingerprint density at radius 3 is 1.36 bits per heavy atom. The van der Waals surface area contributed by atoms with E-state index in [2.05, 4.69) is 55.0 Å². The van der Waals surface area contributed by atoms with Gasteiger partial charge in [-0.1, -0.05) is 0 Å². The molecule has 0 aliphatic carbocycles. The van der Waals surface area contributed by atoms with Gasteiger partial charge in [-0.3, -0.25) is 20.2 Å². The third-order valence-electron chi connectivity index (χ3n) is 8.07. The van der Waals surface area contributed by atoms with Crippen molar-refractivity contribution in [3.63, 3.8) is 0 Å². The number of anilines is 4. The molecule has 14 heteroatoms. The SMILES string of the molecule is CNc1ccc(N(C)CCN2C=CN(CCCCN3C=CN(CCN(C)c4ccc(NC)c([N+](=O)[O-])c4)C3)C2)cc1[N+](=O)[O-]. The lowest BCUT2D eigenvalue weighted by atomic mass is 10.2. The van der Waals surface area contributed by atoms with E-state index < -0.39 is 0 Å². The van der Waals surface area contributed by atoms with Crippen molar-refractivity contribution < 1.29 is 9.85 Å². The third kappa shape index (κ3) is 8.36. The van der Waals surface area contributed by atoms with Crippen LogP contribution in [0.25, 0.3) is 0 Å². The van der Waals surface area contributed by atoms with Gasteiger partial charge in [-0.2, -0.15) is 0 Å². The van der Waals surface area contributed by atoms with Crippen molar-refractivity contribution in [3.8, 4) is 0 Å². The largest absolute Gasteiger partial charge is 0.383 e. The van der Waals surface area contributed by atoms with E-state index in [0.717, 1.165) is 76.8 Å². The van der Waals surface area contributed by atoms with Crippen LogP contribution in [-0.4, -0.2) is 110 Å². The standard InChI is InChI=1S/C30H44N10O4/c1-31-27-9-7-25(21-29(27)39(41)42)33(3)13-15-37-19-17-35(23-37)11-5-6-12-36-18-20-38(24-36)16-14-34(4)26-8-10-28(32-2)30(22-26)40(43)44/h7-10,17-22,31-32H,5-6,11-16,23-24H2,1-4H3. The van der Waals surface area contributed by atoms with Crippen LogP contribution in [0.2, 0.25) is 0 Å². The quantitative estimate of drug-likeness (QED) is 0.153. The summed E-state index contributed by atoms with van der Waals surface area (Å²) < 4.78 is 0.